The molecule has 0 bridgehead atoms. The van der Waals surface area contributed by atoms with E-state index >= 15 is 0 Å². The largest absolute Gasteiger partial charge is 0.274 e. The summed E-state index contributed by atoms with van der Waals surface area (Å²) in [6, 6.07) is 36.5. The maximum atomic E-state index is 14.4. The fourth-order valence-electron chi connectivity index (χ4n) is 5.95. The molecule has 1 aliphatic carbocycles. The van der Waals surface area contributed by atoms with Crippen LogP contribution in [0.4, 0.5) is 5.69 Å². The first-order valence-corrected chi connectivity index (χ1v) is 11.3. The summed E-state index contributed by atoms with van der Waals surface area (Å²) in [4.78, 5) is 29.8. The highest BCUT2D eigenvalue weighted by Crippen LogP contribution is 2.77. The Morgan fingerprint density at radius 2 is 1.00 bits per heavy atom. The van der Waals surface area contributed by atoms with Crippen molar-refractivity contribution in [2.45, 2.75) is 10.8 Å². The molecule has 2 aliphatic rings. The molecule has 0 radical (unpaired) electrons. The number of imide groups is 1. The Bertz CT molecular complexity index is 1310. The zero-order valence-electron chi connectivity index (χ0n) is 17.7. The van der Waals surface area contributed by atoms with Crippen LogP contribution in [-0.4, -0.2) is 11.8 Å². The van der Waals surface area contributed by atoms with E-state index < -0.39 is 16.7 Å². The standard InChI is InChI=1S/C29H20ClNO2/c30-23-16-18-24(19-17-23)31-26(32)25-28(20-10-4-1-5-11-20,21-12-6-2-7-13-21)29(25,27(31)33)22-14-8-3-9-15-22/h1-19,25H/t25-,29-/m1/s1. The molecule has 0 aromatic heterocycles. The summed E-state index contributed by atoms with van der Waals surface area (Å²) in [5, 5.41) is 0.559. The van der Waals surface area contributed by atoms with Crippen molar-refractivity contribution in [1.82, 2.24) is 0 Å². The number of carbonyl (C=O) groups excluding carboxylic acids is 2. The highest BCUT2D eigenvalue weighted by molar-refractivity contribution is 6.33. The van der Waals surface area contributed by atoms with Crippen molar-refractivity contribution >= 4 is 29.1 Å². The van der Waals surface area contributed by atoms with Crippen molar-refractivity contribution in [2.24, 2.45) is 5.92 Å². The van der Waals surface area contributed by atoms with Gasteiger partial charge in [0.1, 0.15) is 5.41 Å². The van der Waals surface area contributed by atoms with Crippen LogP contribution in [0.1, 0.15) is 16.7 Å². The molecule has 4 aromatic carbocycles. The first-order valence-electron chi connectivity index (χ1n) is 10.9. The minimum absolute atomic E-state index is 0.182. The van der Waals surface area contributed by atoms with Crippen LogP contribution in [0.3, 0.4) is 0 Å². The van der Waals surface area contributed by atoms with Crippen LogP contribution in [0.25, 0.3) is 0 Å². The Labute approximate surface area is 197 Å². The number of carbonyl (C=O) groups is 2. The molecule has 3 nitrogen and oxygen atoms in total. The quantitative estimate of drug-likeness (QED) is 0.371. The molecule has 1 aliphatic heterocycles. The topological polar surface area (TPSA) is 37.4 Å². The van der Waals surface area contributed by atoms with Crippen molar-refractivity contribution in [3.05, 3.63) is 137 Å². The molecular formula is C29H20ClNO2. The Morgan fingerprint density at radius 1 is 0.576 bits per heavy atom. The van der Waals surface area contributed by atoms with E-state index in [1.165, 1.54) is 4.90 Å². The van der Waals surface area contributed by atoms with Gasteiger partial charge in [0.25, 0.3) is 0 Å². The molecular weight excluding hydrogens is 430 g/mol. The number of nitrogens with zero attached hydrogens (tertiary/aromatic N) is 1. The van der Waals surface area contributed by atoms with Gasteiger partial charge in [0.2, 0.25) is 11.8 Å². The van der Waals surface area contributed by atoms with Crippen molar-refractivity contribution in [1.29, 1.82) is 0 Å². The smallest absolute Gasteiger partial charge is 0.246 e. The number of amides is 2. The molecule has 0 unspecified atom stereocenters. The number of hydrogen-bond acceptors (Lipinski definition) is 2. The first-order chi connectivity index (χ1) is 16.1. The molecule has 0 spiro atoms. The highest BCUT2D eigenvalue weighted by atomic mass is 35.5. The SMILES string of the molecule is O=C1[C@@H]2C(c3ccccc3)(c3ccccc3)[C@@]2(c2ccccc2)C(=O)N1c1ccc(Cl)cc1. The monoisotopic (exact) mass is 449 g/mol. The molecule has 2 fully saturated rings. The third-order valence-corrected chi connectivity index (χ3v) is 7.44. The number of hydrogen-bond donors (Lipinski definition) is 0. The van der Waals surface area contributed by atoms with E-state index in [4.69, 9.17) is 11.6 Å². The van der Waals surface area contributed by atoms with Gasteiger partial charge >= 0.3 is 0 Å². The number of halogens is 1. The van der Waals surface area contributed by atoms with Gasteiger partial charge in [0.15, 0.2) is 0 Å². The average molecular weight is 450 g/mol. The minimum Gasteiger partial charge on any atom is -0.274 e. The van der Waals surface area contributed by atoms with Crippen LogP contribution in [-0.2, 0) is 20.4 Å². The Kier molecular flexibility index (Phi) is 4.33. The highest BCUT2D eigenvalue weighted by Gasteiger charge is 2.89. The van der Waals surface area contributed by atoms with Crippen LogP contribution in [0.5, 0.6) is 0 Å². The normalized spacial score (nSPS) is 22.8. The molecule has 1 saturated carbocycles. The van der Waals surface area contributed by atoms with E-state index in [-0.39, 0.29) is 11.8 Å². The van der Waals surface area contributed by atoms with Crippen molar-refractivity contribution in [3.8, 4) is 0 Å². The van der Waals surface area contributed by atoms with E-state index in [0.717, 1.165) is 16.7 Å². The van der Waals surface area contributed by atoms with Crippen LogP contribution in [0.2, 0.25) is 5.02 Å². The van der Waals surface area contributed by atoms with Gasteiger partial charge in [-0.05, 0) is 41.0 Å². The number of piperidine rings is 1. The Balaban J connectivity index is 1.64. The average Bonchev–Trinajstić information content (AvgIpc) is 3.46. The first kappa shape index (κ1) is 20.0. The maximum Gasteiger partial charge on any atom is 0.246 e. The second-order valence-electron chi connectivity index (χ2n) is 8.60. The van der Waals surface area contributed by atoms with Crippen LogP contribution >= 0.6 is 11.6 Å². The number of fused-ring (bicyclic) bond motifs is 1. The summed E-state index contributed by atoms with van der Waals surface area (Å²) >= 11 is 6.07. The second-order valence-corrected chi connectivity index (χ2v) is 9.04. The summed E-state index contributed by atoms with van der Waals surface area (Å²) in [7, 11) is 0. The van der Waals surface area contributed by atoms with E-state index in [1.807, 2.05) is 91.0 Å². The molecule has 0 N–H and O–H groups in total. The van der Waals surface area contributed by atoms with Gasteiger partial charge in [-0.15, -0.1) is 0 Å². The number of benzene rings is 4. The van der Waals surface area contributed by atoms with E-state index in [0.29, 0.717) is 10.7 Å². The molecule has 1 saturated heterocycles. The zero-order valence-corrected chi connectivity index (χ0v) is 18.4. The lowest BCUT2D eigenvalue weighted by molar-refractivity contribution is -0.124. The van der Waals surface area contributed by atoms with Crippen molar-refractivity contribution in [3.63, 3.8) is 0 Å². The summed E-state index contributed by atoms with van der Waals surface area (Å²) in [6.45, 7) is 0. The van der Waals surface area contributed by atoms with Gasteiger partial charge < -0.3 is 0 Å². The maximum absolute atomic E-state index is 14.4. The molecule has 6 rings (SSSR count). The van der Waals surface area contributed by atoms with E-state index in [2.05, 4.69) is 0 Å². The molecule has 2 amide bonds. The van der Waals surface area contributed by atoms with Gasteiger partial charge in [-0.25, -0.2) is 4.90 Å². The van der Waals surface area contributed by atoms with E-state index in [9.17, 15) is 9.59 Å². The minimum atomic E-state index is -1.02. The second kappa shape index (κ2) is 7.16. The molecule has 4 aromatic rings. The van der Waals surface area contributed by atoms with Crippen LogP contribution in [0.15, 0.2) is 115 Å². The fourth-order valence-corrected chi connectivity index (χ4v) is 6.08. The van der Waals surface area contributed by atoms with Crippen LogP contribution < -0.4 is 4.90 Å². The third kappa shape index (κ3) is 2.46. The predicted octanol–water partition coefficient (Wildman–Crippen LogP) is 5.77. The molecule has 160 valence electrons. The molecule has 33 heavy (non-hydrogen) atoms. The zero-order chi connectivity index (χ0) is 22.6. The van der Waals surface area contributed by atoms with Crippen molar-refractivity contribution in [2.75, 3.05) is 4.90 Å². The summed E-state index contributed by atoms with van der Waals surface area (Å²) < 4.78 is 0. The summed E-state index contributed by atoms with van der Waals surface area (Å²) in [6.07, 6.45) is 0. The van der Waals surface area contributed by atoms with Gasteiger partial charge in [0.05, 0.1) is 17.0 Å². The Hall–Kier alpha value is -3.69. The predicted molar refractivity (Wildman–Crippen MR) is 129 cm³/mol. The molecule has 4 heteroatoms. The van der Waals surface area contributed by atoms with Gasteiger partial charge in [0, 0.05) is 5.02 Å². The lowest BCUT2D eigenvalue weighted by atomic mass is 9.76. The molecule has 2 atom stereocenters. The summed E-state index contributed by atoms with van der Waals surface area (Å²) in [5.74, 6) is -0.919. The Morgan fingerprint density at radius 3 is 1.45 bits per heavy atom. The van der Waals surface area contributed by atoms with Crippen molar-refractivity contribution < 1.29 is 9.59 Å². The number of anilines is 1. The molecule has 1 heterocycles. The number of rotatable bonds is 4. The van der Waals surface area contributed by atoms with Gasteiger partial charge in [-0.2, -0.15) is 0 Å². The van der Waals surface area contributed by atoms with Gasteiger partial charge in [-0.1, -0.05) is 103 Å². The lowest BCUT2D eigenvalue weighted by Crippen LogP contribution is -2.44. The fraction of sp³-hybridized carbons (Fsp3) is 0.103. The lowest BCUT2D eigenvalue weighted by Gasteiger charge is -2.31. The summed E-state index contributed by atoms with van der Waals surface area (Å²) in [5.41, 5.74) is 1.57. The third-order valence-electron chi connectivity index (χ3n) is 7.18. The van der Waals surface area contributed by atoms with Gasteiger partial charge in [-0.3, -0.25) is 9.59 Å². The van der Waals surface area contributed by atoms with E-state index in [1.54, 1.807) is 24.3 Å². The van der Waals surface area contributed by atoms with Crippen LogP contribution in [0, 0.1) is 5.92 Å².